The molecule has 0 aliphatic heterocycles. The predicted octanol–water partition coefficient (Wildman–Crippen LogP) is 1.25. The molecule has 118 valence electrons. The van der Waals surface area contributed by atoms with Crippen LogP contribution in [0.3, 0.4) is 0 Å². The third-order valence-corrected chi connectivity index (χ3v) is 5.09. The van der Waals surface area contributed by atoms with E-state index < -0.39 is 16.2 Å². The minimum atomic E-state index is -3.74. The first kappa shape index (κ1) is 17.6. The number of benzene rings is 1. The first-order valence-electron chi connectivity index (χ1n) is 6.63. The molecule has 0 aliphatic rings. The molecule has 0 N–H and O–H groups in total. The Labute approximate surface area is 126 Å². The van der Waals surface area contributed by atoms with Gasteiger partial charge in [0.1, 0.15) is 6.54 Å². The van der Waals surface area contributed by atoms with Crippen molar-refractivity contribution >= 4 is 16.2 Å². The molecule has 0 atom stereocenters. The normalized spacial score (nSPS) is 12.1. The van der Waals surface area contributed by atoms with Gasteiger partial charge < -0.3 is 4.74 Å². The molecule has 0 saturated carbocycles. The largest absolute Gasteiger partial charge is 0.468 e. The second-order valence-electron chi connectivity index (χ2n) is 4.96. The maximum atomic E-state index is 12.6. The molecule has 21 heavy (non-hydrogen) atoms. The van der Waals surface area contributed by atoms with Gasteiger partial charge in [0.15, 0.2) is 0 Å². The van der Waals surface area contributed by atoms with Crippen LogP contribution in [-0.4, -0.2) is 49.7 Å². The van der Waals surface area contributed by atoms with E-state index in [2.05, 4.69) is 4.74 Å². The van der Waals surface area contributed by atoms with Crippen LogP contribution in [0.15, 0.2) is 30.3 Å². The molecule has 0 saturated heterocycles. The molecular formula is C14H22N2O4S. The Hall–Kier alpha value is -1.44. The molecule has 0 heterocycles. The molecule has 1 rings (SSSR count). The highest BCUT2D eigenvalue weighted by molar-refractivity contribution is 7.86. The van der Waals surface area contributed by atoms with E-state index in [0.29, 0.717) is 0 Å². The van der Waals surface area contributed by atoms with Crippen molar-refractivity contribution in [2.75, 3.05) is 20.7 Å². The lowest BCUT2D eigenvalue weighted by Crippen LogP contribution is -2.47. The number of carbonyl (C=O) groups excluding carboxylic acids is 1. The van der Waals surface area contributed by atoms with Crippen LogP contribution in [-0.2, 0) is 26.3 Å². The number of hydrogen-bond donors (Lipinski definition) is 0. The summed E-state index contributed by atoms with van der Waals surface area (Å²) in [6, 6.07) is 8.94. The SMILES string of the molecule is COC(=O)CN(C(C)C)S(=O)(=O)N(C)Cc1ccccc1. The zero-order valence-corrected chi connectivity index (χ0v) is 13.6. The number of ether oxygens (including phenoxy) is 1. The first-order chi connectivity index (χ1) is 9.78. The van der Waals surface area contributed by atoms with Gasteiger partial charge >= 0.3 is 5.97 Å². The zero-order chi connectivity index (χ0) is 16.0. The number of carbonyl (C=O) groups is 1. The van der Waals surface area contributed by atoms with E-state index in [9.17, 15) is 13.2 Å². The molecule has 0 radical (unpaired) electrons. The first-order valence-corrected chi connectivity index (χ1v) is 8.02. The fraction of sp³-hybridized carbons (Fsp3) is 0.500. The monoisotopic (exact) mass is 314 g/mol. The summed E-state index contributed by atoms with van der Waals surface area (Å²) in [4.78, 5) is 11.4. The van der Waals surface area contributed by atoms with Gasteiger partial charge in [0.25, 0.3) is 10.2 Å². The lowest BCUT2D eigenvalue weighted by Gasteiger charge is -2.29. The van der Waals surface area contributed by atoms with Crippen molar-refractivity contribution in [1.29, 1.82) is 0 Å². The summed E-state index contributed by atoms with van der Waals surface area (Å²) in [5, 5.41) is 0. The summed E-state index contributed by atoms with van der Waals surface area (Å²) in [5.74, 6) is -0.583. The van der Waals surface area contributed by atoms with E-state index in [-0.39, 0.29) is 19.1 Å². The molecule has 0 amide bonds. The Bertz CT molecular complexity index is 558. The van der Waals surface area contributed by atoms with Crippen molar-refractivity contribution in [2.45, 2.75) is 26.4 Å². The summed E-state index contributed by atoms with van der Waals surface area (Å²) in [5.41, 5.74) is 0.880. The van der Waals surface area contributed by atoms with Crippen molar-refractivity contribution in [1.82, 2.24) is 8.61 Å². The molecule has 0 spiro atoms. The lowest BCUT2D eigenvalue weighted by atomic mass is 10.2. The fourth-order valence-electron chi connectivity index (χ4n) is 1.82. The van der Waals surface area contributed by atoms with Gasteiger partial charge in [0.05, 0.1) is 7.11 Å². The lowest BCUT2D eigenvalue weighted by molar-refractivity contribution is -0.141. The highest BCUT2D eigenvalue weighted by Gasteiger charge is 2.31. The Morgan fingerprint density at radius 2 is 1.81 bits per heavy atom. The van der Waals surface area contributed by atoms with E-state index in [4.69, 9.17) is 0 Å². The summed E-state index contributed by atoms with van der Waals surface area (Å²) in [6.45, 7) is 3.39. The van der Waals surface area contributed by atoms with E-state index in [1.807, 2.05) is 30.3 Å². The number of methoxy groups -OCH3 is 1. The Morgan fingerprint density at radius 1 is 1.24 bits per heavy atom. The quantitative estimate of drug-likeness (QED) is 0.710. The number of rotatable bonds is 7. The van der Waals surface area contributed by atoms with Crippen LogP contribution < -0.4 is 0 Å². The maximum Gasteiger partial charge on any atom is 0.321 e. The molecule has 0 unspecified atom stereocenters. The molecule has 0 fully saturated rings. The Balaban J connectivity index is 2.92. The Kier molecular flexibility index (Phi) is 6.32. The number of nitrogens with zero attached hydrogens (tertiary/aromatic N) is 2. The van der Waals surface area contributed by atoms with Crippen molar-refractivity contribution < 1.29 is 17.9 Å². The van der Waals surface area contributed by atoms with Gasteiger partial charge in [-0.3, -0.25) is 4.79 Å². The van der Waals surface area contributed by atoms with Crippen LogP contribution in [0.1, 0.15) is 19.4 Å². The highest BCUT2D eigenvalue weighted by Crippen LogP contribution is 2.14. The number of esters is 1. The fourth-order valence-corrected chi connectivity index (χ4v) is 3.30. The van der Waals surface area contributed by atoms with Gasteiger partial charge in [-0.1, -0.05) is 30.3 Å². The van der Waals surface area contributed by atoms with Gasteiger partial charge in [-0.15, -0.1) is 0 Å². The Morgan fingerprint density at radius 3 is 2.29 bits per heavy atom. The minimum absolute atomic E-state index is 0.244. The molecule has 1 aromatic carbocycles. The van der Waals surface area contributed by atoms with Crippen molar-refractivity contribution in [3.05, 3.63) is 35.9 Å². The summed E-state index contributed by atoms with van der Waals surface area (Å²) in [6.07, 6.45) is 0. The van der Waals surface area contributed by atoms with E-state index >= 15 is 0 Å². The van der Waals surface area contributed by atoms with Crippen LogP contribution >= 0.6 is 0 Å². The molecule has 7 heteroatoms. The minimum Gasteiger partial charge on any atom is -0.468 e. The van der Waals surface area contributed by atoms with E-state index in [1.165, 1.54) is 18.5 Å². The second-order valence-corrected chi connectivity index (χ2v) is 6.95. The average molecular weight is 314 g/mol. The van der Waals surface area contributed by atoms with Gasteiger partial charge in [-0.2, -0.15) is 17.0 Å². The second kappa shape index (κ2) is 7.53. The molecular weight excluding hydrogens is 292 g/mol. The smallest absolute Gasteiger partial charge is 0.321 e. The third kappa shape index (κ3) is 4.80. The van der Waals surface area contributed by atoms with Crippen LogP contribution in [0, 0.1) is 0 Å². The zero-order valence-electron chi connectivity index (χ0n) is 12.8. The van der Waals surface area contributed by atoms with Gasteiger partial charge in [0, 0.05) is 19.6 Å². The van der Waals surface area contributed by atoms with E-state index in [1.54, 1.807) is 13.8 Å². The van der Waals surface area contributed by atoms with Crippen molar-refractivity contribution in [3.8, 4) is 0 Å². The van der Waals surface area contributed by atoms with Gasteiger partial charge in [-0.25, -0.2) is 0 Å². The van der Waals surface area contributed by atoms with Gasteiger partial charge in [0.2, 0.25) is 0 Å². The van der Waals surface area contributed by atoms with E-state index in [0.717, 1.165) is 9.87 Å². The summed E-state index contributed by atoms with van der Waals surface area (Å²) in [7, 11) is -1.01. The maximum absolute atomic E-state index is 12.6. The van der Waals surface area contributed by atoms with Crippen LogP contribution in [0.25, 0.3) is 0 Å². The standard InChI is InChI=1S/C14H22N2O4S/c1-12(2)16(11-14(17)20-4)21(18,19)15(3)10-13-8-6-5-7-9-13/h5-9,12H,10-11H2,1-4H3. The third-order valence-electron chi connectivity index (χ3n) is 3.03. The molecule has 6 nitrogen and oxygen atoms in total. The molecule has 0 aromatic heterocycles. The van der Waals surface area contributed by atoms with Crippen molar-refractivity contribution in [3.63, 3.8) is 0 Å². The summed E-state index contributed by atoms with van der Waals surface area (Å²) >= 11 is 0. The average Bonchev–Trinajstić information content (AvgIpc) is 2.44. The number of hydrogen-bond acceptors (Lipinski definition) is 4. The summed E-state index contributed by atoms with van der Waals surface area (Å²) < 4.78 is 32.1. The molecule has 0 aliphatic carbocycles. The van der Waals surface area contributed by atoms with Crippen LogP contribution in [0.2, 0.25) is 0 Å². The highest BCUT2D eigenvalue weighted by atomic mass is 32.2. The predicted molar refractivity (Wildman–Crippen MR) is 80.7 cm³/mol. The van der Waals surface area contributed by atoms with Gasteiger partial charge in [-0.05, 0) is 19.4 Å². The van der Waals surface area contributed by atoms with Crippen molar-refractivity contribution in [2.24, 2.45) is 0 Å². The molecule has 1 aromatic rings. The van der Waals surface area contributed by atoms with Crippen LogP contribution in [0.5, 0.6) is 0 Å². The topological polar surface area (TPSA) is 66.9 Å². The molecule has 0 bridgehead atoms. The van der Waals surface area contributed by atoms with Crippen LogP contribution in [0.4, 0.5) is 0 Å².